The molecule has 0 N–H and O–H groups in total. The van der Waals surface area contributed by atoms with Crippen molar-refractivity contribution in [1.29, 1.82) is 0 Å². The summed E-state index contributed by atoms with van der Waals surface area (Å²) in [7, 11) is 0. The van der Waals surface area contributed by atoms with Gasteiger partial charge in [0.05, 0.1) is 11.0 Å². The fraction of sp³-hybridized carbons (Fsp3) is 0.0377. The number of benzene rings is 8. The maximum absolute atomic E-state index is 6.25. The standard InChI is InChI=1S/C53H32N4OS/c1-3-11-37-31(9-1)19-25-43-49(37)50-38-12-4-2-10-32(38)20-26-44(50)57(43)36-23-17-33(18-24-36)51-54-52(34-21-27-46-41(29-34)39-13-5-7-15-45(39)58-46)56-53(55-51)35-22-28-48-42(30-35)40-14-6-8-16-47(40)59-48/h1-28,30,41H,29H2. The summed E-state index contributed by atoms with van der Waals surface area (Å²) in [5, 5.41) is 9.99. The number of thiophene rings is 1. The molecule has 1 atom stereocenters. The summed E-state index contributed by atoms with van der Waals surface area (Å²) < 4.78 is 11.2. The average Bonchev–Trinajstić information content (AvgIpc) is 3.98. The molecule has 1 aliphatic carbocycles. The van der Waals surface area contributed by atoms with E-state index in [0.29, 0.717) is 17.5 Å². The zero-order valence-electron chi connectivity index (χ0n) is 31.6. The molecule has 2 aliphatic rings. The first kappa shape index (κ1) is 32.7. The Morgan fingerprint density at radius 3 is 1.88 bits per heavy atom. The molecule has 0 spiro atoms. The van der Waals surface area contributed by atoms with Crippen LogP contribution in [0.5, 0.6) is 5.75 Å². The third-order valence-corrected chi connectivity index (χ3v) is 13.4. The van der Waals surface area contributed by atoms with Gasteiger partial charge in [-0.1, -0.05) is 103 Å². The molecule has 59 heavy (non-hydrogen) atoms. The van der Waals surface area contributed by atoms with Gasteiger partial charge in [0.2, 0.25) is 0 Å². The summed E-state index contributed by atoms with van der Waals surface area (Å²) in [6.45, 7) is 0. The van der Waals surface area contributed by atoms with E-state index < -0.39 is 0 Å². The highest BCUT2D eigenvalue weighted by molar-refractivity contribution is 7.25. The largest absolute Gasteiger partial charge is 0.461 e. The van der Waals surface area contributed by atoms with Crippen molar-refractivity contribution < 1.29 is 4.74 Å². The lowest BCUT2D eigenvalue weighted by atomic mass is 9.87. The molecule has 276 valence electrons. The number of hydrogen-bond acceptors (Lipinski definition) is 5. The van der Waals surface area contributed by atoms with E-state index in [1.807, 2.05) is 23.5 Å². The van der Waals surface area contributed by atoms with Crippen molar-refractivity contribution >= 4 is 80.4 Å². The van der Waals surface area contributed by atoms with E-state index in [9.17, 15) is 0 Å². The van der Waals surface area contributed by atoms with E-state index in [1.165, 1.54) is 69.1 Å². The van der Waals surface area contributed by atoms with Gasteiger partial charge in [-0.05, 0) is 106 Å². The van der Waals surface area contributed by atoms with Crippen LogP contribution in [-0.4, -0.2) is 19.5 Å². The summed E-state index contributed by atoms with van der Waals surface area (Å²) >= 11 is 1.81. The van der Waals surface area contributed by atoms with Crippen LogP contribution in [0.15, 0.2) is 182 Å². The van der Waals surface area contributed by atoms with Gasteiger partial charge < -0.3 is 9.30 Å². The Bertz CT molecular complexity index is 3540. The SMILES string of the molecule is C1=C(c2nc(-c3ccc(-n4c5ccc6ccccc6c5c5c6ccccc6ccc54)cc3)nc(-c3ccc4sc5ccccc5c4c3)n2)CC2C(=C1)Oc1ccccc12. The van der Waals surface area contributed by atoms with Crippen LogP contribution in [-0.2, 0) is 0 Å². The Balaban J connectivity index is 0.970. The van der Waals surface area contributed by atoms with Crippen LogP contribution in [0, 0.1) is 0 Å². The van der Waals surface area contributed by atoms with Crippen LogP contribution >= 0.6 is 11.3 Å². The molecule has 13 rings (SSSR count). The maximum Gasteiger partial charge on any atom is 0.164 e. The molecule has 0 bridgehead atoms. The summed E-state index contributed by atoms with van der Waals surface area (Å²) in [6.07, 6.45) is 4.95. The van der Waals surface area contributed by atoms with Gasteiger partial charge in [0, 0.05) is 59.2 Å². The Labute approximate surface area is 342 Å². The topological polar surface area (TPSA) is 52.8 Å². The predicted molar refractivity (Wildman–Crippen MR) is 243 cm³/mol. The number of para-hydroxylation sites is 1. The lowest BCUT2D eigenvalue weighted by Crippen LogP contribution is -2.08. The third-order valence-electron chi connectivity index (χ3n) is 12.2. The quantitative estimate of drug-likeness (QED) is 0.179. The van der Waals surface area contributed by atoms with E-state index in [0.717, 1.165) is 40.3 Å². The molecule has 8 aromatic carbocycles. The van der Waals surface area contributed by atoms with Crippen LogP contribution in [0.25, 0.3) is 97.6 Å². The molecular weight excluding hydrogens is 741 g/mol. The Morgan fingerprint density at radius 2 is 1.12 bits per heavy atom. The van der Waals surface area contributed by atoms with E-state index in [-0.39, 0.29) is 5.92 Å². The molecule has 1 unspecified atom stereocenters. The second-order valence-electron chi connectivity index (χ2n) is 15.5. The minimum absolute atomic E-state index is 0.128. The molecule has 5 nitrogen and oxygen atoms in total. The van der Waals surface area contributed by atoms with Gasteiger partial charge >= 0.3 is 0 Å². The highest BCUT2D eigenvalue weighted by Crippen LogP contribution is 2.47. The number of ether oxygens (including phenoxy) is 1. The first-order valence-corrected chi connectivity index (χ1v) is 20.8. The minimum atomic E-state index is 0.128. The number of nitrogens with zero attached hydrogens (tertiary/aromatic N) is 4. The third kappa shape index (κ3) is 5.00. The zero-order valence-corrected chi connectivity index (χ0v) is 32.4. The molecule has 0 radical (unpaired) electrons. The van der Waals surface area contributed by atoms with Gasteiger partial charge in [-0.2, -0.15) is 0 Å². The smallest absolute Gasteiger partial charge is 0.164 e. The first-order valence-electron chi connectivity index (χ1n) is 20.0. The minimum Gasteiger partial charge on any atom is -0.461 e. The van der Waals surface area contributed by atoms with Crippen LogP contribution < -0.4 is 4.74 Å². The molecule has 3 aromatic heterocycles. The van der Waals surface area contributed by atoms with Crippen molar-refractivity contribution in [3.63, 3.8) is 0 Å². The number of rotatable bonds is 4. The summed E-state index contributed by atoms with van der Waals surface area (Å²) in [4.78, 5) is 15.6. The predicted octanol–water partition coefficient (Wildman–Crippen LogP) is 13.8. The Morgan fingerprint density at radius 1 is 0.508 bits per heavy atom. The number of fused-ring (bicyclic) bond motifs is 13. The Kier molecular flexibility index (Phi) is 6.94. The molecule has 6 heteroatoms. The average molecular weight is 773 g/mol. The second-order valence-corrected chi connectivity index (χ2v) is 16.6. The summed E-state index contributed by atoms with van der Waals surface area (Å²) in [6, 6.07) is 58.6. The molecule has 0 saturated heterocycles. The van der Waals surface area contributed by atoms with E-state index in [1.54, 1.807) is 0 Å². The number of allylic oxidation sites excluding steroid dienone is 4. The molecule has 0 fully saturated rings. The maximum atomic E-state index is 6.25. The van der Waals surface area contributed by atoms with E-state index in [2.05, 4.69) is 168 Å². The van der Waals surface area contributed by atoms with Gasteiger partial charge in [0.25, 0.3) is 0 Å². The van der Waals surface area contributed by atoms with E-state index >= 15 is 0 Å². The highest BCUT2D eigenvalue weighted by Gasteiger charge is 2.33. The van der Waals surface area contributed by atoms with Crippen molar-refractivity contribution in [2.24, 2.45) is 0 Å². The monoisotopic (exact) mass is 772 g/mol. The van der Waals surface area contributed by atoms with Crippen molar-refractivity contribution in [2.75, 3.05) is 0 Å². The second kappa shape index (κ2) is 12.5. The van der Waals surface area contributed by atoms with Crippen molar-refractivity contribution in [3.05, 3.63) is 193 Å². The van der Waals surface area contributed by atoms with Crippen LogP contribution in [0.1, 0.15) is 23.7 Å². The van der Waals surface area contributed by atoms with Crippen molar-refractivity contribution in [2.45, 2.75) is 12.3 Å². The summed E-state index contributed by atoms with van der Waals surface area (Å²) in [5.41, 5.74) is 7.60. The van der Waals surface area contributed by atoms with Crippen LogP contribution in [0.2, 0.25) is 0 Å². The fourth-order valence-electron chi connectivity index (χ4n) is 9.44. The highest BCUT2D eigenvalue weighted by atomic mass is 32.1. The van der Waals surface area contributed by atoms with Crippen LogP contribution in [0.3, 0.4) is 0 Å². The summed E-state index contributed by atoms with van der Waals surface area (Å²) in [5.74, 6) is 4.02. The molecule has 0 saturated carbocycles. The van der Waals surface area contributed by atoms with E-state index in [4.69, 9.17) is 19.7 Å². The van der Waals surface area contributed by atoms with Crippen molar-refractivity contribution in [3.8, 4) is 34.2 Å². The van der Waals surface area contributed by atoms with Gasteiger partial charge in [-0.15, -0.1) is 11.3 Å². The molecule has 1 aliphatic heterocycles. The van der Waals surface area contributed by atoms with Gasteiger partial charge in [-0.3, -0.25) is 0 Å². The van der Waals surface area contributed by atoms with Gasteiger partial charge in [-0.25, -0.2) is 15.0 Å². The Hall–Kier alpha value is -7.41. The molecule has 4 heterocycles. The molecule has 0 amide bonds. The normalized spacial score (nSPS) is 14.9. The lowest BCUT2D eigenvalue weighted by Gasteiger charge is -2.18. The molecular formula is C53H32N4OS. The zero-order chi connectivity index (χ0) is 38.6. The van der Waals surface area contributed by atoms with Crippen molar-refractivity contribution in [1.82, 2.24) is 19.5 Å². The lowest BCUT2D eigenvalue weighted by molar-refractivity contribution is 0.426. The first-order chi connectivity index (χ1) is 29.2. The van der Waals surface area contributed by atoms with Gasteiger partial charge in [0.15, 0.2) is 17.5 Å². The number of aromatic nitrogens is 4. The fourth-order valence-corrected chi connectivity index (χ4v) is 10.5. The van der Waals surface area contributed by atoms with Crippen LogP contribution in [0.4, 0.5) is 0 Å². The van der Waals surface area contributed by atoms with Gasteiger partial charge in [0.1, 0.15) is 11.5 Å². The number of hydrogen-bond donors (Lipinski definition) is 0. The molecule has 11 aromatic rings.